The molecule has 0 radical (unpaired) electrons. The molecule has 0 amide bonds. The van der Waals surface area contributed by atoms with Gasteiger partial charge in [0.15, 0.2) is 6.17 Å². The number of hydrogen-bond acceptors (Lipinski definition) is 4. The van der Waals surface area contributed by atoms with E-state index in [0.29, 0.717) is 33.3 Å². The summed E-state index contributed by atoms with van der Waals surface area (Å²) in [7, 11) is 0. The van der Waals surface area contributed by atoms with Gasteiger partial charge >= 0.3 is 5.96 Å². The number of aryl methyl sites for hydroxylation is 1. The molecule has 0 saturated carbocycles. The van der Waals surface area contributed by atoms with Crippen molar-refractivity contribution in [3.63, 3.8) is 0 Å². The minimum atomic E-state index is -0.427. The first-order chi connectivity index (χ1) is 13.0. The topological polar surface area (TPSA) is 72.9 Å². The number of guanidine groups is 1. The monoisotopic (exact) mass is 400 g/mol. The van der Waals surface area contributed by atoms with Crippen LogP contribution < -0.4 is 21.2 Å². The number of benzene rings is 2. The molecule has 27 heavy (non-hydrogen) atoms. The van der Waals surface area contributed by atoms with Gasteiger partial charge in [0, 0.05) is 17.3 Å². The van der Waals surface area contributed by atoms with E-state index in [1.165, 1.54) is 6.07 Å². The summed E-state index contributed by atoms with van der Waals surface area (Å²) in [5.74, 6) is 0.985. The molecule has 136 valence electrons. The molecule has 3 N–H and O–H groups in total. The Kier molecular flexibility index (Phi) is 4.59. The molecule has 1 aromatic heterocycles. The Morgan fingerprint density at radius 2 is 1.93 bits per heavy atom. The lowest BCUT2D eigenvalue weighted by atomic mass is 10.1. The van der Waals surface area contributed by atoms with Crippen molar-refractivity contribution >= 4 is 40.8 Å². The first kappa shape index (κ1) is 17.6. The molecule has 0 spiro atoms. The van der Waals surface area contributed by atoms with Crippen molar-refractivity contribution in [2.45, 2.75) is 13.1 Å². The zero-order valence-corrected chi connectivity index (χ0v) is 15.8. The summed E-state index contributed by atoms with van der Waals surface area (Å²) in [6, 6.07) is 16.5. The molecule has 0 bridgehead atoms. The van der Waals surface area contributed by atoms with Gasteiger partial charge in [-0.25, -0.2) is 20.2 Å². The Balaban J connectivity index is 1.81. The van der Waals surface area contributed by atoms with Crippen LogP contribution in [0, 0.1) is 6.92 Å². The highest BCUT2D eigenvalue weighted by Crippen LogP contribution is 2.29. The highest BCUT2D eigenvalue weighted by Gasteiger charge is 2.29. The molecule has 6 nitrogen and oxygen atoms in total. The molecular weight excluding hydrogens is 385 g/mol. The standard InChI is InChI=1S/C19H15Cl2N5O/c1-11-10-15(27)26-17(12-6-3-2-4-7-12)24-18(25-19(26)22-11)23-14-9-5-8-13(20)16(14)21/h2-10,17H,1H3,(H2,22,23,24,25)/p+1/t17-/m1/s1. The average molecular weight is 401 g/mol. The van der Waals surface area contributed by atoms with Crippen molar-refractivity contribution in [3.8, 4) is 0 Å². The van der Waals surface area contributed by atoms with Gasteiger partial charge in [-0.1, -0.05) is 59.6 Å². The zero-order chi connectivity index (χ0) is 19.0. The second kappa shape index (κ2) is 7.06. The highest BCUT2D eigenvalue weighted by atomic mass is 35.5. The lowest BCUT2D eigenvalue weighted by molar-refractivity contribution is -0.520. The Hall–Kier alpha value is -2.83. The molecule has 1 atom stereocenters. The molecule has 8 heteroatoms. The van der Waals surface area contributed by atoms with Crippen molar-refractivity contribution in [3.05, 3.63) is 86.3 Å². The Morgan fingerprint density at radius 3 is 2.70 bits per heavy atom. The molecule has 0 fully saturated rings. The van der Waals surface area contributed by atoms with E-state index in [2.05, 4.69) is 20.6 Å². The van der Waals surface area contributed by atoms with Gasteiger partial charge in [0.25, 0.3) is 11.5 Å². The maximum Gasteiger partial charge on any atom is 0.357 e. The summed E-state index contributed by atoms with van der Waals surface area (Å²) in [5.41, 5.74) is 2.04. The number of fused-ring (bicyclic) bond motifs is 1. The maximum absolute atomic E-state index is 12.6. The zero-order valence-electron chi connectivity index (χ0n) is 14.3. The van der Waals surface area contributed by atoms with Crippen LogP contribution in [0.5, 0.6) is 0 Å². The van der Waals surface area contributed by atoms with E-state index in [4.69, 9.17) is 23.2 Å². The quantitative estimate of drug-likeness (QED) is 0.617. The Labute approximate surface area is 165 Å². The fourth-order valence-corrected chi connectivity index (χ4v) is 3.31. The van der Waals surface area contributed by atoms with Crippen LogP contribution in [0.2, 0.25) is 10.0 Å². The molecule has 4 rings (SSSR count). The molecule has 0 aliphatic carbocycles. The molecule has 1 aliphatic heterocycles. The van der Waals surface area contributed by atoms with E-state index >= 15 is 0 Å². The highest BCUT2D eigenvalue weighted by molar-refractivity contribution is 6.44. The number of halogens is 2. The van der Waals surface area contributed by atoms with Gasteiger partial charge < -0.3 is 0 Å². The molecule has 1 aliphatic rings. The first-order valence-electron chi connectivity index (χ1n) is 8.29. The lowest BCUT2D eigenvalue weighted by Gasteiger charge is -2.23. The summed E-state index contributed by atoms with van der Waals surface area (Å²) >= 11 is 12.4. The van der Waals surface area contributed by atoms with Gasteiger partial charge in [-0.15, -0.1) is 0 Å². The minimum Gasteiger partial charge on any atom is -0.269 e. The van der Waals surface area contributed by atoms with Crippen LogP contribution in [0.25, 0.3) is 0 Å². The predicted octanol–water partition coefficient (Wildman–Crippen LogP) is 2.38. The third-order valence-corrected chi connectivity index (χ3v) is 5.00. The van der Waals surface area contributed by atoms with E-state index in [0.717, 1.165) is 5.56 Å². The van der Waals surface area contributed by atoms with Crippen molar-refractivity contribution in [1.82, 2.24) is 9.55 Å². The normalized spacial score (nSPS) is 15.5. The molecule has 3 aromatic rings. The number of nitrogens with one attached hydrogen (secondary N) is 3. The minimum absolute atomic E-state index is 0.147. The summed E-state index contributed by atoms with van der Waals surface area (Å²) < 4.78 is 1.58. The van der Waals surface area contributed by atoms with Crippen molar-refractivity contribution in [1.29, 1.82) is 0 Å². The lowest BCUT2D eigenvalue weighted by Crippen LogP contribution is -2.82. The fraction of sp³-hybridized carbons (Fsp3) is 0.105. The number of rotatable bonds is 2. The first-order valence-corrected chi connectivity index (χ1v) is 9.05. The SMILES string of the molecule is Cc1cc(=O)n2c(n1)NC(Nc1cccc(Cl)c1Cl)=[NH+][C@H]2c1ccccc1. The van der Waals surface area contributed by atoms with Gasteiger partial charge in [-0.05, 0) is 19.1 Å². The average Bonchev–Trinajstić information content (AvgIpc) is 2.65. The number of hydrogen-bond donors (Lipinski definition) is 3. The van der Waals surface area contributed by atoms with Crippen LogP contribution in [-0.4, -0.2) is 15.5 Å². The van der Waals surface area contributed by atoms with Gasteiger partial charge in [0.2, 0.25) is 0 Å². The van der Waals surface area contributed by atoms with Crippen molar-refractivity contribution < 1.29 is 4.99 Å². The van der Waals surface area contributed by atoms with Crippen LogP contribution >= 0.6 is 23.2 Å². The van der Waals surface area contributed by atoms with E-state index in [-0.39, 0.29) is 5.56 Å². The van der Waals surface area contributed by atoms with Crippen molar-refractivity contribution in [2.24, 2.45) is 0 Å². The van der Waals surface area contributed by atoms with Crippen LogP contribution in [0.4, 0.5) is 11.6 Å². The fourth-order valence-electron chi connectivity index (χ4n) is 2.96. The number of aromatic nitrogens is 2. The van der Waals surface area contributed by atoms with E-state index in [1.54, 1.807) is 23.6 Å². The van der Waals surface area contributed by atoms with Gasteiger partial charge in [0.1, 0.15) is 5.69 Å². The second-order valence-electron chi connectivity index (χ2n) is 6.11. The summed E-state index contributed by atoms with van der Waals surface area (Å²) in [6.07, 6.45) is -0.427. The second-order valence-corrected chi connectivity index (χ2v) is 6.90. The molecular formula is C19H16Cl2N5O+. The Bertz CT molecular complexity index is 1090. The smallest absolute Gasteiger partial charge is 0.269 e. The maximum atomic E-state index is 12.6. The molecule has 0 unspecified atom stereocenters. The number of anilines is 2. The van der Waals surface area contributed by atoms with Crippen LogP contribution in [0.1, 0.15) is 17.4 Å². The third kappa shape index (κ3) is 3.41. The van der Waals surface area contributed by atoms with Gasteiger partial charge in [-0.2, -0.15) is 0 Å². The van der Waals surface area contributed by atoms with Crippen molar-refractivity contribution in [2.75, 3.05) is 10.6 Å². The molecule has 2 heterocycles. The van der Waals surface area contributed by atoms with Crippen LogP contribution in [-0.2, 0) is 0 Å². The Morgan fingerprint density at radius 1 is 1.15 bits per heavy atom. The summed E-state index contributed by atoms with van der Waals surface area (Å²) in [5, 5.41) is 7.17. The van der Waals surface area contributed by atoms with Gasteiger partial charge in [0.05, 0.1) is 10.0 Å². The third-order valence-electron chi connectivity index (χ3n) is 4.18. The van der Waals surface area contributed by atoms with E-state index in [9.17, 15) is 4.79 Å². The van der Waals surface area contributed by atoms with E-state index < -0.39 is 6.17 Å². The summed E-state index contributed by atoms with van der Waals surface area (Å²) in [4.78, 5) is 20.4. The largest absolute Gasteiger partial charge is 0.357 e. The number of nitrogens with zero attached hydrogens (tertiary/aromatic N) is 2. The van der Waals surface area contributed by atoms with Crippen LogP contribution in [0.3, 0.4) is 0 Å². The summed E-state index contributed by atoms with van der Waals surface area (Å²) in [6.45, 7) is 1.78. The van der Waals surface area contributed by atoms with Crippen LogP contribution in [0.15, 0.2) is 59.4 Å². The van der Waals surface area contributed by atoms with E-state index in [1.807, 2.05) is 36.4 Å². The van der Waals surface area contributed by atoms with Gasteiger partial charge in [-0.3, -0.25) is 9.79 Å². The molecule has 2 aromatic carbocycles. The molecule has 0 saturated heterocycles. The predicted molar refractivity (Wildman–Crippen MR) is 107 cm³/mol.